The van der Waals surface area contributed by atoms with Crippen molar-refractivity contribution in [3.8, 4) is 0 Å². The van der Waals surface area contributed by atoms with Crippen molar-refractivity contribution in [1.29, 1.82) is 0 Å². The molecule has 0 aliphatic rings. The van der Waals surface area contributed by atoms with Gasteiger partial charge in [-0.05, 0) is 37.5 Å². The second-order valence-corrected chi connectivity index (χ2v) is 28.9. The maximum atomic E-state index is 11.0. The first-order chi connectivity index (χ1) is 41.0. The smallest absolute Gasteiger partial charge is 0.726 e. The van der Waals surface area contributed by atoms with Crippen molar-refractivity contribution < 1.29 is 34.3 Å². The average molecular weight is 1270 g/mol. The zero-order valence-corrected chi connectivity index (χ0v) is 61.9. The first kappa shape index (κ1) is 90.2. The Labute approximate surface area is 564 Å². The van der Waals surface area contributed by atoms with Gasteiger partial charge < -0.3 is 9.11 Å². The topological polar surface area (TPSA) is 133 Å². The summed E-state index contributed by atoms with van der Waals surface area (Å²) in [6.45, 7) is 9.26. The summed E-state index contributed by atoms with van der Waals surface area (Å²) in [6.07, 6.45) is 87.8. The third-order valence-electron chi connectivity index (χ3n) is 18.3. The largest absolute Gasteiger partial charge is 2.00 e. The summed E-state index contributed by atoms with van der Waals surface area (Å²) >= 11 is 0. The van der Waals surface area contributed by atoms with E-state index in [4.69, 9.17) is 0 Å². The molecule has 0 aliphatic carbocycles. The van der Waals surface area contributed by atoms with E-state index in [1.165, 1.54) is 372 Å². The van der Waals surface area contributed by atoms with Crippen LogP contribution >= 0.6 is 0 Å². The molecule has 8 nitrogen and oxygen atoms in total. The first-order valence-electron chi connectivity index (χ1n) is 38.2. The van der Waals surface area contributed by atoms with Gasteiger partial charge in [-0.15, -0.1) is 0 Å². The van der Waals surface area contributed by atoms with E-state index >= 15 is 0 Å². The van der Waals surface area contributed by atoms with Crippen LogP contribution in [-0.2, 0) is 29.2 Å². The molecule has 0 aliphatic heterocycles. The van der Waals surface area contributed by atoms with Gasteiger partial charge in [-0.3, -0.25) is 8.37 Å². The van der Waals surface area contributed by atoms with Crippen LogP contribution in [0.25, 0.3) is 0 Å². The van der Waals surface area contributed by atoms with Gasteiger partial charge in [0, 0.05) is 0 Å². The van der Waals surface area contributed by atoms with E-state index < -0.39 is 20.8 Å². The Morgan fingerprint density at radius 2 is 0.318 bits per heavy atom. The zero-order chi connectivity index (χ0) is 61.7. The molecular formula is C74H150CaO8S2. The normalized spacial score (nSPS) is 12.6. The fraction of sp³-hybridized carbons (Fsp3) is 1.00. The molecule has 2 unspecified atom stereocenters. The van der Waals surface area contributed by atoms with Gasteiger partial charge in [-0.2, -0.15) is 0 Å². The Balaban J connectivity index is -0.00000156. The molecule has 85 heavy (non-hydrogen) atoms. The summed E-state index contributed by atoms with van der Waals surface area (Å²) in [5.41, 5.74) is 0. The number of hydrogen-bond donors (Lipinski definition) is 0. The molecule has 11 heteroatoms. The Morgan fingerprint density at radius 3 is 0.424 bits per heavy atom. The molecule has 0 rings (SSSR count). The Hall–Kier alpha value is 1.000. The molecule has 0 saturated heterocycles. The predicted octanol–water partition coefficient (Wildman–Crippen LogP) is 25.6. The molecule has 508 valence electrons. The van der Waals surface area contributed by atoms with E-state index in [2.05, 4.69) is 36.1 Å². The maximum Gasteiger partial charge on any atom is 2.00 e. The number of hydrogen-bond acceptors (Lipinski definition) is 8. The summed E-state index contributed by atoms with van der Waals surface area (Å²) in [6, 6.07) is 0. The molecule has 0 saturated carbocycles. The van der Waals surface area contributed by atoms with E-state index in [1.54, 1.807) is 0 Å². The van der Waals surface area contributed by atoms with Crippen LogP contribution in [0.15, 0.2) is 0 Å². The summed E-state index contributed by atoms with van der Waals surface area (Å²) in [5, 5.41) is 0. The van der Waals surface area contributed by atoms with Crippen molar-refractivity contribution in [1.82, 2.24) is 0 Å². The molecule has 0 spiro atoms. The van der Waals surface area contributed by atoms with E-state index in [0.29, 0.717) is 0 Å². The second-order valence-electron chi connectivity index (χ2n) is 26.8. The average Bonchev–Trinajstić information content (AvgIpc) is 3.46. The van der Waals surface area contributed by atoms with Gasteiger partial charge in [0.15, 0.2) is 0 Å². The van der Waals surface area contributed by atoms with E-state index in [1.807, 2.05) is 0 Å². The van der Waals surface area contributed by atoms with Gasteiger partial charge in [0.25, 0.3) is 0 Å². The molecule has 0 fully saturated rings. The van der Waals surface area contributed by atoms with Gasteiger partial charge >= 0.3 is 37.7 Å². The second kappa shape index (κ2) is 75.7. The van der Waals surface area contributed by atoms with E-state index in [-0.39, 0.29) is 62.8 Å². The Bertz CT molecular complexity index is 1330. The van der Waals surface area contributed by atoms with Crippen LogP contribution < -0.4 is 0 Å². The molecule has 0 N–H and O–H groups in total. The fourth-order valence-electron chi connectivity index (χ4n) is 12.6. The molecule has 0 aromatic rings. The SMILES string of the molecule is CCCCCCCCCCCCCCCCCCCCC(CCCCCCCCCCCCCCC)COS(=O)(=O)[O-].CCCCCCCCCCCCCCCCCCCCC(CCCCCCCCCCCCCCC)COS(=O)(=O)[O-].[Ca+2]. The van der Waals surface area contributed by atoms with Gasteiger partial charge in [0.05, 0.1) is 13.2 Å². The van der Waals surface area contributed by atoms with Crippen LogP contribution in [0.5, 0.6) is 0 Å². The third kappa shape index (κ3) is 85.0. The number of unbranched alkanes of at least 4 members (excludes halogenated alkanes) is 58. The molecule has 0 bridgehead atoms. The summed E-state index contributed by atoms with van der Waals surface area (Å²) in [5.74, 6) is 0.394. The van der Waals surface area contributed by atoms with E-state index in [0.717, 1.165) is 51.4 Å². The van der Waals surface area contributed by atoms with Crippen LogP contribution in [0.1, 0.15) is 451 Å². The molecule has 0 radical (unpaired) electrons. The van der Waals surface area contributed by atoms with Gasteiger partial charge in [0.1, 0.15) is 0 Å². The van der Waals surface area contributed by atoms with Gasteiger partial charge in [-0.25, -0.2) is 16.8 Å². The summed E-state index contributed by atoms with van der Waals surface area (Å²) in [4.78, 5) is 0. The molecular weight excluding hydrogens is 1120 g/mol. The van der Waals surface area contributed by atoms with Crippen LogP contribution in [0.4, 0.5) is 0 Å². The number of rotatable bonds is 72. The van der Waals surface area contributed by atoms with Crippen molar-refractivity contribution in [2.24, 2.45) is 11.8 Å². The van der Waals surface area contributed by atoms with Crippen LogP contribution in [0, 0.1) is 11.8 Å². The van der Waals surface area contributed by atoms with Gasteiger partial charge in [-0.1, -0.05) is 426 Å². The monoisotopic (exact) mass is 1270 g/mol. The van der Waals surface area contributed by atoms with Crippen molar-refractivity contribution in [3.05, 3.63) is 0 Å². The minimum atomic E-state index is -4.59. The van der Waals surface area contributed by atoms with E-state index in [9.17, 15) is 25.9 Å². The van der Waals surface area contributed by atoms with Crippen molar-refractivity contribution in [2.45, 2.75) is 451 Å². The molecule has 0 heterocycles. The van der Waals surface area contributed by atoms with Crippen molar-refractivity contribution in [2.75, 3.05) is 13.2 Å². The van der Waals surface area contributed by atoms with Crippen molar-refractivity contribution in [3.63, 3.8) is 0 Å². The van der Waals surface area contributed by atoms with Crippen molar-refractivity contribution >= 4 is 58.5 Å². The summed E-state index contributed by atoms with van der Waals surface area (Å²) < 4.78 is 75.3. The predicted molar refractivity (Wildman–Crippen MR) is 371 cm³/mol. The Kier molecular flexibility index (Phi) is 80.3. The molecule has 0 aromatic heterocycles. The zero-order valence-electron chi connectivity index (χ0n) is 58.0. The minimum Gasteiger partial charge on any atom is -0.726 e. The van der Waals surface area contributed by atoms with Crippen LogP contribution in [-0.4, -0.2) is 76.9 Å². The molecule has 0 aromatic carbocycles. The maximum absolute atomic E-state index is 11.0. The fourth-order valence-corrected chi connectivity index (χ4v) is 13.3. The minimum absolute atomic E-state index is 0. The third-order valence-corrected chi connectivity index (χ3v) is 19.1. The Morgan fingerprint density at radius 1 is 0.212 bits per heavy atom. The van der Waals surface area contributed by atoms with Crippen LogP contribution in [0.2, 0.25) is 0 Å². The van der Waals surface area contributed by atoms with Crippen LogP contribution in [0.3, 0.4) is 0 Å². The quantitative estimate of drug-likeness (QED) is 0.0254. The standard InChI is InChI=1S/2C37H76O4S.Ca/c2*1-3-5-7-9-11-13-15-17-18-19-20-21-23-25-27-29-31-33-35-37(36-41-42(38,39)40)34-32-30-28-26-24-22-16-14-12-10-8-6-4-2;/h2*37H,3-36H2,1-2H3,(H,38,39,40);/q;;+2/p-2. The molecule has 0 amide bonds. The summed E-state index contributed by atoms with van der Waals surface area (Å²) in [7, 11) is -9.18. The first-order valence-corrected chi connectivity index (χ1v) is 40.9. The molecule has 2 atom stereocenters. The van der Waals surface area contributed by atoms with Gasteiger partial charge in [0.2, 0.25) is 20.8 Å².